The lowest BCUT2D eigenvalue weighted by atomic mass is 9.95. The Morgan fingerprint density at radius 3 is 2.46 bits per heavy atom. The molecule has 1 aliphatic rings. The molecule has 8 nitrogen and oxygen atoms in total. The Morgan fingerprint density at radius 1 is 1.00 bits per heavy atom. The van der Waals surface area contributed by atoms with Crippen LogP contribution < -0.4 is 19.7 Å². The molecule has 0 saturated carbocycles. The number of nitrogens with zero attached hydrogens (tertiary/aromatic N) is 4. The maximum absolute atomic E-state index is 12.9. The highest BCUT2D eigenvalue weighted by Crippen LogP contribution is 2.29. The first-order chi connectivity index (χ1) is 17.1. The summed E-state index contributed by atoms with van der Waals surface area (Å²) in [5, 5.41) is 7.90. The highest BCUT2D eigenvalue weighted by Gasteiger charge is 2.27. The van der Waals surface area contributed by atoms with Crippen molar-refractivity contribution in [3.05, 3.63) is 66.4 Å². The van der Waals surface area contributed by atoms with Crippen LogP contribution in [0.1, 0.15) is 18.5 Å². The second-order valence-electron chi connectivity index (χ2n) is 8.73. The minimum absolute atomic E-state index is 0.0334. The number of amides is 1. The van der Waals surface area contributed by atoms with E-state index in [1.807, 2.05) is 66.0 Å². The first-order valence-electron chi connectivity index (χ1n) is 11.8. The van der Waals surface area contributed by atoms with Crippen LogP contribution in [0.15, 0.2) is 60.7 Å². The number of fused-ring (bicyclic) bond motifs is 1. The lowest BCUT2D eigenvalue weighted by Gasteiger charge is -2.33. The number of methoxy groups -OCH3 is 2. The molecule has 0 spiro atoms. The van der Waals surface area contributed by atoms with E-state index in [-0.39, 0.29) is 11.8 Å². The van der Waals surface area contributed by atoms with E-state index in [4.69, 9.17) is 19.6 Å². The quantitative estimate of drug-likeness (QED) is 0.444. The molecule has 35 heavy (non-hydrogen) atoms. The first-order valence-corrected chi connectivity index (χ1v) is 11.8. The van der Waals surface area contributed by atoms with Crippen molar-refractivity contribution in [3.63, 3.8) is 0 Å². The summed E-state index contributed by atoms with van der Waals surface area (Å²) in [6.07, 6.45) is 1.52. The van der Waals surface area contributed by atoms with Crippen molar-refractivity contribution < 1.29 is 14.3 Å². The Balaban J connectivity index is 1.33. The summed E-state index contributed by atoms with van der Waals surface area (Å²) in [7, 11) is 3.26. The third-order valence-electron chi connectivity index (χ3n) is 6.48. The van der Waals surface area contributed by atoms with E-state index >= 15 is 0 Å². The normalized spacial score (nSPS) is 14.2. The maximum atomic E-state index is 12.9. The smallest absolute Gasteiger partial charge is 0.227 e. The number of anilines is 2. The molecule has 0 radical (unpaired) electrons. The van der Waals surface area contributed by atoms with Crippen molar-refractivity contribution in [2.75, 3.05) is 37.5 Å². The molecular weight excluding hydrogens is 442 g/mol. The van der Waals surface area contributed by atoms with Crippen LogP contribution in [-0.2, 0) is 4.79 Å². The number of hydrogen-bond donors (Lipinski definition) is 1. The average Bonchev–Trinajstić information content (AvgIpc) is 3.32. The summed E-state index contributed by atoms with van der Waals surface area (Å²) in [5.41, 5.74) is 4.31. The first kappa shape index (κ1) is 22.7. The third kappa shape index (κ3) is 4.64. The van der Waals surface area contributed by atoms with E-state index in [1.165, 1.54) is 0 Å². The number of carbonyl (C=O) groups is 1. The van der Waals surface area contributed by atoms with E-state index in [1.54, 1.807) is 14.2 Å². The number of piperidine rings is 1. The van der Waals surface area contributed by atoms with Crippen LogP contribution in [0.2, 0.25) is 0 Å². The van der Waals surface area contributed by atoms with Crippen molar-refractivity contribution in [3.8, 4) is 22.8 Å². The number of nitrogens with one attached hydrogen (secondary N) is 1. The predicted molar refractivity (Wildman–Crippen MR) is 136 cm³/mol. The SMILES string of the molecule is COc1ccc(-c2cc3nc(C)cc(N4CCC(C(=O)Nc5ccccc5OC)CC4)n3n2)cc1. The van der Waals surface area contributed by atoms with Gasteiger partial charge in [0.2, 0.25) is 5.91 Å². The van der Waals surface area contributed by atoms with Crippen molar-refractivity contribution in [1.82, 2.24) is 14.6 Å². The molecule has 2 aromatic carbocycles. The van der Waals surface area contributed by atoms with E-state index in [2.05, 4.69) is 16.3 Å². The van der Waals surface area contributed by atoms with Crippen molar-refractivity contribution in [2.24, 2.45) is 5.92 Å². The standard InChI is InChI=1S/C27H29N5O3/c1-18-16-26(32-25(28-18)17-23(30-32)19-8-10-21(34-2)11-9-19)31-14-12-20(13-15-31)27(33)29-22-6-4-5-7-24(22)35-3/h4-11,16-17,20H,12-15H2,1-3H3,(H,29,33). The van der Waals surface area contributed by atoms with Crippen LogP contribution >= 0.6 is 0 Å². The van der Waals surface area contributed by atoms with Gasteiger partial charge in [-0.25, -0.2) is 4.98 Å². The van der Waals surface area contributed by atoms with Gasteiger partial charge in [-0.2, -0.15) is 9.61 Å². The number of hydrogen-bond acceptors (Lipinski definition) is 6. The molecule has 0 bridgehead atoms. The van der Waals surface area contributed by atoms with Gasteiger partial charge in [0.15, 0.2) is 5.65 Å². The van der Waals surface area contributed by atoms with Crippen LogP contribution in [0.5, 0.6) is 11.5 Å². The minimum atomic E-state index is -0.0536. The molecule has 2 aromatic heterocycles. The van der Waals surface area contributed by atoms with Crippen LogP contribution in [0.4, 0.5) is 11.5 Å². The summed E-state index contributed by atoms with van der Waals surface area (Å²) in [4.78, 5) is 19.9. The number of aryl methyl sites for hydroxylation is 1. The zero-order valence-corrected chi connectivity index (χ0v) is 20.2. The Bertz CT molecular complexity index is 1340. The van der Waals surface area contributed by atoms with Gasteiger partial charge in [0.1, 0.15) is 17.3 Å². The van der Waals surface area contributed by atoms with E-state index in [9.17, 15) is 4.79 Å². The number of rotatable bonds is 6. The number of aromatic nitrogens is 3. The van der Waals surface area contributed by atoms with Crippen molar-refractivity contribution in [1.29, 1.82) is 0 Å². The summed E-state index contributed by atoms with van der Waals surface area (Å²) in [6.45, 7) is 3.53. The van der Waals surface area contributed by atoms with Crippen molar-refractivity contribution >= 4 is 23.1 Å². The van der Waals surface area contributed by atoms with Gasteiger partial charge in [0, 0.05) is 42.4 Å². The Morgan fingerprint density at radius 2 is 1.74 bits per heavy atom. The Hall–Kier alpha value is -4.07. The van der Waals surface area contributed by atoms with Crippen LogP contribution in [0.3, 0.4) is 0 Å². The summed E-state index contributed by atoms with van der Waals surface area (Å²) >= 11 is 0. The molecule has 1 fully saturated rings. The zero-order valence-electron chi connectivity index (χ0n) is 20.2. The van der Waals surface area contributed by atoms with Gasteiger partial charge in [-0.3, -0.25) is 4.79 Å². The van der Waals surface area contributed by atoms with E-state index in [0.29, 0.717) is 11.4 Å². The van der Waals surface area contributed by atoms with Crippen LogP contribution in [0, 0.1) is 12.8 Å². The van der Waals surface area contributed by atoms with Gasteiger partial charge in [0.05, 0.1) is 25.6 Å². The van der Waals surface area contributed by atoms with Gasteiger partial charge >= 0.3 is 0 Å². The van der Waals surface area contributed by atoms with Crippen LogP contribution in [-0.4, -0.2) is 47.8 Å². The Kier molecular flexibility index (Phi) is 6.27. The third-order valence-corrected chi connectivity index (χ3v) is 6.48. The highest BCUT2D eigenvalue weighted by atomic mass is 16.5. The molecule has 4 aromatic rings. The summed E-state index contributed by atoms with van der Waals surface area (Å²) in [6, 6.07) is 19.4. The van der Waals surface area contributed by atoms with Gasteiger partial charge in [0.25, 0.3) is 0 Å². The fourth-order valence-electron chi connectivity index (χ4n) is 4.56. The molecule has 8 heteroatoms. The number of carbonyl (C=O) groups excluding carboxylic acids is 1. The average molecular weight is 472 g/mol. The molecular formula is C27H29N5O3. The lowest BCUT2D eigenvalue weighted by Crippen LogP contribution is -2.39. The van der Waals surface area contributed by atoms with E-state index < -0.39 is 0 Å². The van der Waals surface area contributed by atoms with Gasteiger partial charge in [-0.15, -0.1) is 0 Å². The topological polar surface area (TPSA) is 81.0 Å². The molecule has 1 aliphatic heterocycles. The molecule has 3 heterocycles. The second-order valence-corrected chi connectivity index (χ2v) is 8.73. The van der Waals surface area contributed by atoms with E-state index in [0.717, 1.165) is 60.1 Å². The summed E-state index contributed by atoms with van der Waals surface area (Å²) < 4.78 is 12.5. The molecule has 0 atom stereocenters. The highest BCUT2D eigenvalue weighted by molar-refractivity contribution is 5.94. The molecule has 5 rings (SSSR count). The largest absolute Gasteiger partial charge is 0.497 e. The number of ether oxygens (including phenoxy) is 2. The predicted octanol–water partition coefficient (Wildman–Crippen LogP) is 4.58. The molecule has 1 saturated heterocycles. The second kappa shape index (κ2) is 9.66. The molecule has 180 valence electrons. The maximum Gasteiger partial charge on any atom is 0.227 e. The zero-order chi connectivity index (χ0) is 24.4. The minimum Gasteiger partial charge on any atom is -0.497 e. The van der Waals surface area contributed by atoms with Gasteiger partial charge < -0.3 is 19.7 Å². The fourth-order valence-corrected chi connectivity index (χ4v) is 4.56. The van der Waals surface area contributed by atoms with Crippen molar-refractivity contribution in [2.45, 2.75) is 19.8 Å². The summed E-state index contributed by atoms with van der Waals surface area (Å²) in [5.74, 6) is 2.45. The molecule has 1 amide bonds. The number of para-hydroxylation sites is 2. The monoisotopic (exact) mass is 471 g/mol. The fraction of sp³-hybridized carbons (Fsp3) is 0.296. The molecule has 0 aliphatic carbocycles. The molecule has 0 unspecified atom stereocenters. The lowest BCUT2D eigenvalue weighted by molar-refractivity contribution is -0.120. The molecule has 1 N–H and O–H groups in total. The van der Waals surface area contributed by atoms with Crippen LogP contribution in [0.25, 0.3) is 16.9 Å². The number of benzene rings is 2. The Labute approximate surface area is 204 Å². The van der Waals surface area contributed by atoms with Gasteiger partial charge in [-0.1, -0.05) is 12.1 Å². The van der Waals surface area contributed by atoms with Gasteiger partial charge in [-0.05, 0) is 56.2 Å².